The lowest BCUT2D eigenvalue weighted by Gasteiger charge is -2.11. The van der Waals surface area contributed by atoms with Crippen LogP contribution in [0.15, 0.2) is 65.8 Å². The Morgan fingerprint density at radius 3 is 2.81 bits per heavy atom. The van der Waals surface area contributed by atoms with Crippen molar-refractivity contribution in [1.82, 2.24) is 24.8 Å². The van der Waals surface area contributed by atoms with Gasteiger partial charge >= 0.3 is 0 Å². The molecular formula is C23H21N7O2. The first kappa shape index (κ1) is 20.8. The average molecular weight is 427 g/mol. The molecule has 3 heterocycles. The lowest BCUT2D eigenvalue weighted by Crippen LogP contribution is -2.35. The molecule has 1 amide bonds. The molecule has 0 atom stereocenters. The predicted octanol–water partition coefficient (Wildman–Crippen LogP) is 1.96. The fourth-order valence-electron chi connectivity index (χ4n) is 3.31. The Morgan fingerprint density at radius 2 is 2.00 bits per heavy atom. The van der Waals surface area contributed by atoms with Crippen LogP contribution in [0, 0.1) is 11.3 Å². The van der Waals surface area contributed by atoms with Crippen LogP contribution in [0.4, 0.5) is 5.82 Å². The smallest absolute Gasteiger partial charge is 0.294 e. The van der Waals surface area contributed by atoms with Crippen molar-refractivity contribution in [3.8, 4) is 6.07 Å². The lowest BCUT2D eigenvalue weighted by atomic mass is 10.1. The summed E-state index contributed by atoms with van der Waals surface area (Å²) in [6.07, 6.45) is 5.52. The number of rotatable bonds is 8. The van der Waals surface area contributed by atoms with Crippen molar-refractivity contribution in [1.29, 1.82) is 5.26 Å². The van der Waals surface area contributed by atoms with E-state index >= 15 is 0 Å². The van der Waals surface area contributed by atoms with Gasteiger partial charge in [-0.05, 0) is 24.1 Å². The minimum atomic E-state index is -0.515. The van der Waals surface area contributed by atoms with Gasteiger partial charge in [-0.3, -0.25) is 19.1 Å². The second kappa shape index (κ2) is 9.57. The number of nitriles is 1. The summed E-state index contributed by atoms with van der Waals surface area (Å²) in [5, 5.41) is 16.1. The summed E-state index contributed by atoms with van der Waals surface area (Å²) in [7, 11) is 0. The second-order valence-electron chi connectivity index (χ2n) is 7.17. The molecule has 0 aliphatic heterocycles. The molecule has 160 valence electrons. The molecule has 3 N–H and O–H groups in total. The topological polar surface area (TPSA) is 128 Å². The number of nitrogens with one attached hydrogen (secondary N) is 3. The second-order valence-corrected chi connectivity index (χ2v) is 7.17. The first-order valence-corrected chi connectivity index (χ1v) is 10.1. The Balaban J connectivity index is 1.40. The van der Waals surface area contributed by atoms with Crippen LogP contribution in [-0.4, -0.2) is 32.0 Å². The summed E-state index contributed by atoms with van der Waals surface area (Å²) in [5.74, 6) is -0.298. The molecular weight excluding hydrogens is 406 g/mol. The van der Waals surface area contributed by atoms with Crippen molar-refractivity contribution in [2.45, 2.75) is 19.5 Å². The highest BCUT2D eigenvalue weighted by Gasteiger charge is 2.13. The molecule has 0 bridgehead atoms. The highest BCUT2D eigenvalue weighted by atomic mass is 16.2. The third kappa shape index (κ3) is 4.82. The number of hydrogen-bond donors (Lipinski definition) is 3. The van der Waals surface area contributed by atoms with Gasteiger partial charge < -0.3 is 15.6 Å². The molecule has 0 unspecified atom stereocenters. The van der Waals surface area contributed by atoms with Crippen molar-refractivity contribution in [2.24, 2.45) is 0 Å². The van der Waals surface area contributed by atoms with Crippen LogP contribution < -0.4 is 16.2 Å². The number of benzene rings is 1. The largest absolute Gasteiger partial charge is 0.365 e. The van der Waals surface area contributed by atoms with Gasteiger partial charge in [-0.15, -0.1) is 0 Å². The van der Waals surface area contributed by atoms with Gasteiger partial charge in [0.05, 0.1) is 30.1 Å². The van der Waals surface area contributed by atoms with Gasteiger partial charge in [-0.25, -0.2) is 4.98 Å². The van der Waals surface area contributed by atoms with Crippen LogP contribution >= 0.6 is 0 Å². The van der Waals surface area contributed by atoms with Crippen LogP contribution in [0.25, 0.3) is 10.9 Å². The van der Waals surface area contributed by atoms with Gasteiger partial charge in [-0.1, -0.05) is 30.3 Å². The molecule has 4 aromatic rings. The zero-order chi connectivity index (χ0) is 22.3. The number of nitrogens with zero attached hydrogens (tertiary/aromatic N) is 4. The summed E-state index contributed by atoms with van der Waals surface area (Å²) < 4.78 is 1.12. The number of pyridine rings is 1. The zero-order valence-electron chi connectivity index (χ0n) is 17.2. The average Bonchev–Trinajstić information content (AvgIpc) is 3.29. The van der Waals surface area contributed by atoms with E-state index in [9.17, 15) is 14.9 Å². The molecule has 0 saturated carbocycles. The molecule has 0 saturated heterocycles. The van der Waals surface area contributed by atoms with Crippen LogP contribution in [0.3, 0.4) is 0 Å². The van der Waals surface area contributed by atoms with E-state index in [0.717, 1.165) is 21.0 Å². The van der Waals surface area contributed by atoms with E-state index in [4.69, 9.17) is 0 Å². The minimum Gasteiger partial charge on any atom is -0.365 e. The highest BCUT2D eigenvalue weighted by Crippen LogP contribution is 2.11. The molecule has 32 heavy (non-hydrogen) atoms. The molecule has 4 rings (SSSR count). The summed E-state index contributed by atoms with van der Waals surface area (Å²) in [6, 6.07) is 15.6. The number of anilines is 1. The first-order valence-electron chi connectivity index (χ1n) is 10.1. The van der Waals surface area contributed by atoms with Gasteiger partial charge in [0, 0.05) is 18.1 Å². The molecule has 9 heteroatoms. The zero-order valence-corrected chi connectivity index (χ0v) is 17.2. The van der Waals surface area contributed by atoms with Gasteiger partial charge in [-0.2, -0.15) is 5.26 Å². The highest BCUT2D eigenvalue weighted by molar-refractivity contribution is 5.79. The third-order valence-electron chi connectivity index (χ3n) is 4.98. The number of aromatic amines is 1. The SMILES string of the molecule is N#Cc1cnc(NCCc2ccccc2)c(=O)n1CC(=O)NCc1cc2cc[nH]c2cn1. The van der Waals surface area contributed by atoms with Gasteiger partial charge in [0.15, 0.2) is 5.82 Å². The lowest BCUT2D eigenvalue weighted by molar-refractivity contribution is -0.121. The van der Waals surface area contributed by atoms with Crippen molar-refractivity contribution in [3.05, 3.63) is 88.4 Å². The van der Waals surface area contributed by atoms with Crippen LogP contribution in [-0.2, 0) is 24.3 Å². The van der Waals surface area contributed by atoms with Crippen molar-refractivity contribution in [3.63, 3.8) is 0 Å². The fourth-order valence-corrected chi connectivity index (χ4v) is 3.31. The first-order chi connectivity index (χ1) is 15.6. The Morgan fingerprint density at radius 1 is 1.16 bits per heavy atom. The Bertz CT molecular complexity index is 1340. The number of hydrogen-bond acceptors (Lipinski definition) is 6. The normalized spacial score (nSPS) is 10.6. The van der Waals surface area contributed by atoms with Crippen molar-refractivity contribution in [2.75, 3.05) is 11.9 Å². The Labute approximate surface area is 183 Å². The summed E-state index contributed by atoms with van der Waals surface area (Å²) in [4.78, 5) is 36.7. The monoisotopic (exact) mass is 427 g/mol. The van der Waals surface area contributed by atoms with E-state index in [1.165, 1.54) is 6.20 Å². The Hall–Kier alpha value is -4.45. The van der Waals surface area contributed by atoms with E-state index in [1.807, 2.05) is 54.7 Å². The molecule has 0 aliphatic carbocycles. The Kier molecular flexibility index (Phi) is 6.22. The fraction of sp³-hybridized carbons (Fsp3) is 0.174. The van der Waals surface area contributed by atoms with Crippen molar-refractivity contribution >= 4 is 22.6 Å². The molecule has 3 aromatic heterocycles. The van der Waals surface area contributed by atoms with E-state index in [-0.39, 0.29) is 24.6 Å². The van der Waals surface area contributed by atoms with E-state index in [2.05, 4.69) is 25.6 Å². The van der Waals surface area contributed by atoms with Crippen molar-refractivity contribution < 1.29 is 4.79 Å². The number of amides is 1. The molecule has 0 spiro atoms. The number of fused-ring (bicyclic) bond motifs is 1. The minimum absolute atomic E-state index is 0.0191. The van der Waals surface area contributed by atoms with E-state index in [1.54, 1.807) is 6.20 Å². The number of carbonyl (C=O) groups is 1. The maximum absolute atomic E-state index is 12.8. The molecule has 1 aromatic carbocycles. The number of carbonyl (C=O) groups excluding carboxylic acids is 1. The van der Waals surface area contributed by atoms with Crippen LogP contribution in [0.1, 0.15) is 17.0 Å². The van der Waals surface area contributed by atoms with Crippen LogP contribution in [0.5, 0.6) is 0 Å². The molecule has 0 fully saturated rings. The summed E-state index contributed by atoms with van der Waals surface area (Å²) >= 11 is 0. The van der Waals surface area contributed by atoms with E-state index < -0.39 is 11.5 Å². The standard InChI is InChI=1S/C23H21N7O2/c24-11-19-13-29-22(26-8-6-16-4-2-1-3-5-16)23(32)30(19)15-21(31)28-12-18-10-17-7-9-25-20(17)14-27-18/h1-5,7,9-10,13-14,25H,6,8,12,15H2,(H,26,29)(H,28,31). The van der Waals surface area contributed by atoms with Gasteiger partial charge in [0.25, 0.3) is 5.56 Å². The third-order valence-corrected chi connectivity index (χ3v) is 4.98. The van der Waals surface area contributed by atoms with E-state index in [0.29, 0.717) is 18.7 Å². The quantitative estimate of drug-likeness (QED) is 0.394. The predicted molar refractivity (Wildman–Crippen MR) is 120 cm³/mol. The van der Waals surface area contributed by atoms with Gasteiger partial charge in [0.2, 0.25) is 5.91 Å². The maximum atomic E-state index is 12.8. The van der Waals surface area contributed by atoms with Crippen LogP contribution in [0.2, 0.25) is 0 Å². The summed E-state index contributed by atoms with van der Waals surface area (Å²) in [5.41, 5.74) is 2.23. The van der Waals surface area contributed by atoms with Gasteiger partial charge in [0.1, 0.15) is 18.3 Å². The molecule has 0 radical (unpaired) electrons. The number of aromatic nitrogens is 4. The number of H-pyrrole nitrogens is 1. The maximum Gasteiger partial charge on any atom is 0.294 e. The summed E-state index contributed by atoms with van der Waals surface area (Å²) in [6.45, 7) is 0.422. The molecule has 0 aliphatic rings. The molecule has 9 nitrogen and oxygen atoms in total.